The largest absolute Gasteiger partial charge is 0.478 e. The maximum absolute atomic E-state index is 10.1. The first kappa shape index (κ1) is 6.61. The molecule has 10 heavy (non-hydrogen) atoms. The number of hydrogen-bond acceptors (Lipinski definition) is 2. The molecule has 3 heteroatoms. The summed E-state index contributed by atoms with van der Waals surface area (Å²) in [5, 5.41) is 11.1. The Morgan fingerprint density at radius 1 is 1.60 bits per heavy atom. The molecule has 1 aliphatic heterocycles. The van der Waals surface area contributed by atoms with Crippen LogP contribution < -0.4 is 5.32 Å². The van der Waals surface area contributed by atoms with Gasteiger partial charge < -0.3 is 10.4 Å². The molecule has 0 fully saturated rings. The molecule has 1 heterocycles. The lowest BCUT2D eigenvalue weighted by Gasteiger charge is -2.02. The van der Waals surface area contributed by atoms with Crippen LogP contribution in [0, 0.1) is 0 Å². The molecule has 0 atom stereocenters. The Hall–Kier alpha value is -1.51. The van der Waals surface area contributed by atoms with E-state index in [9.17, 15) is 4.79 Å². The number of aliphatic carboxylic acids is 1. The Balaban J connectivity index is 2.67. The zero-order chi connectivity index (χ0) is 7.40. The van der Waals surface area contributed by atoms with Gasteiger partial charge in [-0.15, -0.1) is 0 Å². The molecule has 0 unspecified atom stereocenters. The smallest absolute Gasteiger partial charge is 0.330 e. The minimum atomic E-state index is -0.942. The minimum Gasteiger partial charge on any atom is -0.478 e. The predicted molar refractivity (Wildman–Crippen MR) is 37.1 cm³/mol. The Kier molecular flexibility index (Phi) is 1.89. The summed E-state index contributed by atoms with van der Waals surface area (Å²) in [6.07, 6.45) is 8.04. The van der Waals surface area contributed by atoms with E-state index in [4.69, 9.17) is 5.11 Å². The van der Waals surface area contributed by atoms with Gasteiger partial charge in [0.05, 0.1) is 0 Å². The summed E-state index contributed by atoms with van der Waals surface area (Å²) in [7, 11) is 0. The van der Waals surface area contributed by atoms with E-state index in [0.717, 1.165) is 6.08 Å². The van der Waals surface area contributed by atoms with Crippen molar-refractivity contribution >= 4 is 5.97 Å². The van der Waals surface area contributed by atoms with Crippen LogP contribution in [0.25, 0.3) is 0 Å². The van der Waals surface area contributed by atoms with Crippen molar-refractivity contribution in [2.45, 2.75) is 0 Å². The lowest BCUT2D eigenvalue weighted by molar-refractivity contribution is -0.131. The number of nitrogens with one attached hydrogen (secondary N) is 1. The van der Waals surface area contributed by atoms with Crippen LogP contribution in [0.2, 0.25) is 0 Å². The van der Waals surface area contributed by atoms with Crippen LogP contribution in [0.15, 0.2) is 36.2 Å². The van der Waals surface area contributed by atoms with E-state index >= 15 is 0 Å². The van der Waals surface area contributed by atoms with E-state index in [1.165, 1.54) is 0 Å². The van der Waals surface area contributed by atoms with E-state index in [1.807, 2.05) is 0 Å². The van der Waals surface area contributed by atoms with Crippen LogP contribution in [0.3, 0.4) is 0 Å². The van der Waals surface area contributed by atoms with Crippen molar-refractivity contribution in [3.8, 4) is 0 Å². The van der Waals surface area contributed by atoms with Gasteiger partial charge in [0.1, 0.15) is 0 Å². The molecule has 0 spiro atoms. The summed E-state index contributed by atoms with van der Waals surface area (Å²) in [5.74, 6) is -0.942. The third-order valence-electron chi connectivity index (χ3n) is 1.01. The van der Waals surface area contributed by atoms with Gasteiger partial charge in [-0.3, -0.25) is 0 Å². The van der Waals surface area contributed by atoms with Gasteiger partial charge in [0.25, 0.3) is 0 Å². The van der Waals surface area contributed by atoms with Gasteiger partial charge in [-0.2, -0.15) is 0 Å². The van der Waals surface area contributed by atoms with Crippen LogP contribution in [0.4, 0.5) is 0 Å². The maximum Gasteiger partial charge on any atom is 0.330 e. The van der Waals surface area contributed by atoms with Crippen molar-refractivity contribution in [3.05, 3.63) is 36.2 Å². The third-order valence-corrected chi connectivity index (χ3v) is 1.01. The summed E-state index contributed by atoms with van der Waals surface area (Å²) >= 11 is 0. The number of carboxylic acids is 1. The number of carbonyl (C=O) groups is 1. The Labute approximate surface area is 58.4 Å². The first-order valence-electron chi connectivity index (χ1n) is 2.83. The van der Waals surface area contributed by atoms with Gasteiger partial charge in [-0.25, -0.2) is 4.79 Å². The van der Waals surface area contributed by atoms with Gasteiger partial charge in [0.15, 0.2) is 0 Å². The average Bonchev–Trinajstić information content (AvgIpc) is 1.88. The number of rotatable bonds is 1. The van der Waals surface area contributed by atoms with Gasteiger partial charge in [0, 0.05) is 18.0 Å². The van der Waals surface area contributed by atoms with Crippen molar-refractivity contribution in [2.75, 3.05) is 0 Å². The zero-order valence-corrected chi connectivity index (χ0v) is 5.24. The summed E-state index contributed by atoms with van der Waals surface area (Å²) in [4.78, 5) is 10.1. The summed E-state index contributed by atoms with van der Waals surface area (Å²) in [5.41, 5.74) is 0.593. The van der Waals surface area contributed by atoms with Crippen molar-refractivity contribution in [3.63, 3.8) is 0 Å². The topological polar surface area (TPSA) is 49.3 Å². The minimum absolute atomic E-state index is 0.593. The highest BCUT2D eigenvalue weighted by Crippen LogP contribution is 1.96. The molecular formula is C7H7NO2. The quantitative estimate of drug-likeness (QED) is 0.521. The molecule has 0 aromatic carbocycles. The second kappa shape index (κ2) is 2.87. The third kappa shape index (κ3) is 1.78. The molecule has 0 aromatic rings. The Morgan fingerprint density at radius 2 is 2.40 bits per heavy atom. The summed E-state index contributed by atoms with van der Waals surface area (Å²) in [6.45, 7) is 0. The summed E-state index contributed by atoms with van der Waals surface area (Å²) in [6, 6.07) is 0. The van der Waals surface area contributed by atoms with Crippen LogP contribution in [0.1, 0.15) is 0 Å². The highest BCUT2D eigenvalue weighted by molar-refractivity contribution is 5.81. The fourth-order valence-electron chi connectivity index (χ4n) is 0.630. The molecule has 0 saturated heterocycles. The van der Waals surface area contributed by atoms with Gasteiger partial charge in [-0.1, -0.05) is 6.08 Å². The van der Waals surface area contributed by atoms with Gasteiger partial charge in [-0.05, 0) is 12.2 Å². The molecule has 3 nitrogen and oxygen atoms in total. The molecule has 0 bridgehead atoms. The highest BCUT2D eigenvalue weighted by atomic mass is 16.4. The first-order chi connectivity index (χ1) is 4.79. The molecule has 1 aliphatic rings. The fourth-order valence-corrected chi connectivity index (χ4v) is 0.630. The Morgan fingerprint density at radius 3 is 2.90 bits per heavy atom. The molecule has 0 amide bonds. The SMILES string of the molecule is O=C(O)/C=C1/C=CC=CN1. The molecule has 1 rings (SSSR count). The second-order valence-corrected chi connectivity index (χ2v) is 1.80. The molecular weight excluding hydrogens is 130 g/mol. The standard InChI is InChI=1S/C7H7NO2/c9-7(10)5-6-3-1-2-4-8-6/h1-5,8H,(H,9,10)/b6-5-. The monoisotopic (exact) mass is 137 g/mol. The van der Waals surface area contributed by atoms with Gasteiger partial charge in [0.2, 0.25) is 0 Å². The number of dihydropyridines is 1. The predicted octanol–water partition coefficient (Wildman–Crippen LogP) is 0.628. The zero-order valence-electron chi connectivity index (χ0n) is 5.24. The number of carboxylic acid groups (broad SMARTS) is 1. The molecule has 0 saturated carbocycles. The number of hydrogen-bond donors (Lipinski definition) is 2. The molecule has 0 radical (unpaired) electrons. The van der Waals surface area contributed by atoms with Crippen molar-refractivity contribution in [1.29, 1.82) is 0 Å². The van der Waals surface area contributed by atoms with E-state index in [2.05, 4.69) is 5.32 Å². The molecule has 2 N–H and O–H groups in total. The lowest BCUT2D eigenvalue weighted by atomic mass is 10.3. The normalized spacial score (nSPS) is 19.0. The van der Waals surface area contributed by atoms with Crippen molar-refractivity contribution in [1.82, 2.24) is 5.32 Å². The number of allylic oxidation sites excluding steroid dienone is 3. The van der Waals surface area contributed by atoms with Crippen molar-refractivity contribution < 1.29 is 9.90 Å². The van der Waals surface area contributed by atoms with Crippen LogP contribution >= 0.6 is 0 Å². The lowest BCUT2D eigenvalue weighted by Crippen LogP contribution is -2.06. The maximum atomic E-state index is 10.1. The van der Waals surface area contributed by atoms with Crippen LogP contribution in [-0.4, -0.2) is 11.1 Å². The van der Waals surface area contributed by atoms with E-state index in [-0.39, 0.29) is 0 Å². The molecule has 0 aromatic heterocycles. The molecule has 52 valence electrons. The van der Waals surface area contributed by atoms with E-state index < -0.39 is 5.97 Å². The highest BCUT2D eigenvalue weighted by Gasteiger charge is 1.94. The van der Waals surface area contributed by atoms with E-state index in [1.54, 1.807) is 24.4 Å². The molecule has 0 aliphatic carbocycles. The summed E-state index contributed by atoms with van der Waals surface area (Å²) < 4.78 is 0. The van der Waals surface area contributed by atoms with E-state index in [0.29, 0.717) is 5.70 Å². The fraction of sp³-hybridized carbons (Fsp3) is 0. The average molecular weight is 137 g/mol. The van der Waals surface area contributed by atoms with Crippen LogP contribution in [-0.2, 0) is 4.79 Å². The Bertz CT molecular complexity index is 226. The second-order valence-electron chi connectivity index (χ2n) is 1.80. The first-order valence-corrected chi connectivity index (χ1v) is 2.83. The van der Waals surface area contributed by atoms with Crippen LogP contribution in [0.5, 0.6) is 0 Å². The van der Waals surface area contributed by atoms with Crippen molar-refractivity contribution in [2.24, 2.45) is 0 Å². The van der Waals surface area contributed by atoms with Gasteiger partial charge >= 0.3 is 5.97 Å².